The van der Waals surface area contributed by atoms with Gasteiger partial charge in [-0.25, -0.2) is 0 Å². The maximum absolute atomic E-state index is 12.1. The molecule has 17 heavy (non-hydrogen) atoms. The van der Waals surface area contributed by atoms with Crippen LogP contribution < -0.4 is 0 Å². The SMILES string of the molecule is CCC(C)(C#Cc1ccccc1)C(=O)C(C)C. The van der Waals surface area contributed by atoms with Gasteiger partial charge in [0.05, 0.1) is 5.41 Å². The first kappa shape index (κ1) is 13.5. The molecule has 1 rings (SSSR count). The van der Waals surface area contributed by atoms with E-state index in [4.69, 9.17) is 0 Å². The van der Waals surface area contributed by atoms with Crippen LogP contribution in [-0.2, 0) is 4.79 Å². The maximum atomic E-state index is 12.1. The Morgan fingerprint density at radius 1 is 1.29 bits per heavy atom. The highest BCUT2D eigenvalue weighted by molar-refractivity contribution is 5.89. The zero-order valence-corrected chi connectivity index (χ0v) is 11.1. The zero-order valence-electron chi connectivity index (χ0n) is 11.1. The van der Waals surface area contributed by atoms with E-state index in [1.165, 1.54) is 0 Å². The number of hydrogen-bond acceptors (Lipinski definition) is 1. The van der Waals surface area contributed by atoms with E-state index in [-0.39, 0.29) is 11.7 Å². The van der Waals surface area contributed by atoms with Crippen molar-refractivity contribution in [2.75, 3.05) is 0 Å². The fraction of sp³-hybridized carbons (Fsp3) is 0.438. The first-order valence-electron chi connectivity index (χ1n) is 6.12. The predicted molar refractivity (Wildman–Crippen MR) is 71.6 cm³/mol. The number of carbonyl (C=O) groups is 1. The van der Waals surface area contributed by atoms with Crippen LogP contribution in [0.25, 0.3) is 0 Å². The highest BCUT2D eigenvalue weighted by Gasteiger charge is 2.30. The van der Waals surface area contributed by atoms with E-state index < -0.39 is 5.41 Å². The van der Waals surface area contributed by atoms with Gasteiger partial charge >= 0.3 is 0 Å². The summed E-state index contributed by atoms with van der Waals surface area (Å²) in [5.41, 5.74) is 0.438. The molecular weight excluding hydrogens is 208 g/mol. The summed E-state index contributed by atoms with van der Waals surface area (Å²) in [5.74, 6) is 6.50. The van der Waals surface area contributed by atoms with Gasteiger partial charge in [0, 0.05) is 11.5 Å². The van der Waals surface area contributed by atoms with Gasteiger partial charge in [-0.05, 0) is 25.5 Å². The Morgan fingerprint density at radius 2 is 1.88 bits per heavy atom. The Labute approximate surface area is 104 Å². The number of Topliss-reactive ketones (excluding diaryl/α,β-unsaturated/α-hetero) is 1. The smallest absolute Gasteiger partial charge is 0.153 e. The van der Waals surface area contributed by atoms with Crippen LogP contribution in [-0.4, -0.2) is 5.78 Å². The zero-order chi connectivity index (χ0) is 12.9. The molecule has 0 bridgehead atoms. The molecule has 1 heteroatoms. The van der Waals surface area contributed by atoms with Gasteiger partial charge in [0.1, 0.15) is 0 Å². The molecule has 0 aliphatic heterocycles. The van der Waals surface area contributed by atoms with Gasteiger partial charge in [-0.1, -0.05) is 50.8 Å². The predicted octanol–water partition coefficient (Wildman–Crippen LogP) is 3.68. The maximum Gasteiger partial charge on any atom is 0.153 e. The molecular formula is C16H20O. The molecule has 1 aromatic carbocycles. The fourth-order valence-electron chi connectivity index (χ4n) is 1.69. The van der Waals surface area contributed by atoms with Gasteiger partial charge in [-0.2, -0.15) is 0 Å². The van der Waals surface area contributed by atoms with Gasteiger partial charge in [0.15, 0.2) is 5.78 Å². The Bertz CT molecular complexity index is 434. The Kier molecular flexibility index (Phi) is 4.52. The monoisotopic (exact) mass is 228 g/mol. The molecule has 0 saturated carbocycles. The highest BCUT2D eigenvalue weighted by atomic mass is 16.1. The number of ketones is 1. The quantitative estimate of drug-likeness (QED) is 0.721. The lowest BCUT2D eigenvalue weighted by molar-refractivity contribution is -0.128. The third kappa shape index (κ3) is 3.46. The second-order valence-corrected chi connectivity index (χ2v) is 4.82. The summed E-state index contributed by atoms with van der Waals surface area (Å²) in [7, 11) is 0. The van der Waals surface area contributed by atoms with Crippen molar-refractivity contribution in [3.63, 3.8) is 0 Å². The lowest BCUT2D eigenvalue weighted by Crippen LogP contribution is -2.29. The molecule has 0 fully saturated rings. The lowest BCUT2D eigenvalue weighted by atomic mass is 9.79. The molecule has 1 nitrogen and oxygen atoms in total. The molecule has 0 N–H and O–H groups in total. The van der Waals surface area contributed by atoms with Crippen molar-refractivity contribution in [3.05, 3.63) is 35.9 Å². The summed E-state index contributed by atoms with van der Waals surface area (Å²) in [4.78, 5) is 12.1. The van der Waals surface area contributed by atoms with Gasteiger partial charge in [-0.3, -0.25) is 4.79 Å². The van der Waals surface area contributed by atoms with Gasteiger partial charge in [0.2, 0.25) is 0 Å². The normalized spacial score (nSPS) is 13.7. The lowest BCUT2D eigenvalue weighted by Gasteiger charge is -2.22. The second kappa shape index (κ2) is 5.68. The highest BCUT2D eigenvalue weighted by Crippen LogP contribution is 2.25. The van der Waals surface area contributed by atoms with Crippen LogP contribution in [0.3, 0.4) is 0 Å². The molecule has 0 radical (unpaired) electrons. The minimum Gasteiger partial charge on any atom is -0.298 e. The first-order valence-corrected chi connectivity index (χ1v) is 6.12. The minimum absolute atomic E-state index is 0.0324. The van der Waals surface area contributed by atoms with Crippen LogP contribution in [0.5, 0.6) is 0 Å². The molecule has 0 amide bonds. The number of benzene rings is 1. The topological polar surface area (TPSA) is 17.1 Å². The van der Waals surface area contributed by atoms with E-state index >= 15 is 0 Å². The minimum atomic E-state index is -0.524. The average Bonchev–Trinajstić information content (AvgIpc) is 2.36. The van der Waals surface area contributed by atoms with E-state index in [9.17, 15) is 4.79 Å². The Morgan fingerprint density at radius 3 is 2.35 bits per heavy atom. The van der Waals surface area contributed by atoms with Crippen LogP contribution in [0.1, 0.15) is 39.7 Å². The summed E-state index contributed by atoms with van der Waals surface area (Å²) in [6, 6.07) is 9.80. The molecule has 1 unspecified atom stereocenters. The summed E-state index contributed by atoms with van der Waals surface area (Å²) in [6.45, 7) is 7.81. The molecule has 1 aromatic rings. The number of hydrogen-bond donors (Lipinski definition) is 0. The van der Waals surface area contributed by atoms with Crippen molar-refractivity contribution >= 4 is 5.78 Å². The molecule has 0 aliphatic carbocycles. The van der Waals surface area contributed by atoms with E-state index in [0.717, 1.165) is 12.0 Å². The van der Waals surface area contributed by atoms with Gasteiger partial charge in [-0.15, -0.1) is 0 Å². The standard InChI is InChI=1S/C16H20O/c1-5-16(4,15(17)13(2)3)12-11-14-9-7-6-8-10-14/h6-10,13H,5H2,1-4H3. The van der Waals surface area contributed by atoms with Crippen molar-refractivity contribution in [1.82, 2.24) is 0 Å². The van der Waals surface area contributed by atoms with Crippen LogP contribution in [0, 0.1) is 23.2 Å². The fourth-order valence-corrected chi connectivity index (χ4v) is 1.69. The molecule has 0 heterocycles. The largest absolute Gasteiger partial charge is 0.298 e. The molecule has 0 aliphatic rings. The van der Waals surface area contributed by atoms with Crippen LogP contribution in [0.2, 0.25) is 0 Å². The average molecular weight is 228 g/mol. The van der Waals surface area contributed by atoms with Gasteiger partial charge in [0.25, 0.3) is 0 Å². The molecule has 1 atom stereocenters. The van der Waals surface area contributed by atoms with Crippen LogP contribution in [0.4, 0.5) is 0 Å². The summed E-state index contributed by atoms with van der Waals surface area (Å²) in [6.07, 6.45) is 0.754. The molecule has 0 saturated heterocycles. The van der Waals surface area contributed by atoms with E-state index in [0.29, 0.717) is 0 Å². The van der Waals surface area contributed by atoms with Crippen LogP contribution in [0.15, 0.2) is 30.3 Å². The summed E-state index contributed by atoms with van der Waals surface area (Å²) < 4.78 is 0. The van der Waals surface area contributed by atoms with Crippen molar-refractivity contribution in [1.29, 1.82) is 0 Å². The van der Waals surface area contributed by atoms with E-state index in [1.54, 1.807) is 0 Å². The summed E-state index contributed by atoms with van der Waals surface area (Å²) >= 11 is 0. The Hall–Kier alpha value is -1.55. The third-order valence-electron chi connectivity index (χ3n) is 3.03. The van der Waals surface area contributed by atoms with Crippen molar-refractivity contribution < 1.29 is 4.79 Å². The third-order valence-corrected chi connectivity index (χ3v) is 3.03. The number of carbonyl (C=O) groups excluding carboxylic acids is 1. The molecule has 0 aromatic heterocycles. The second-order valence-electron chi connectivity index (χ2n) is 4.82. The first-order chi connectivity index (χ1) is 7.99. The van der Waals surface area contributed by atoms with Crippen LogP contribution >= 0.6 is 0 Å². The van der Waals surface area contributed by atoms with Crippen molar-refractivity contribution in [3.8, 4) is 11.8 Å². The molecule has 90 valence electrons. The van der Waals surface area contributed by atoms with E-state index in [2.05, 4.69) is 11.8 Å². The van der Waals surface area contributed by atoms with E-state index in [1.807, 2.05) is 58.0 Å². The summed E-state index contributed by atoms with van der Waals surface area (Å²) in [5, 5.41) is 0. The Balaban J connectivity index is 2.98. The van der Waals surface area contributed by atoms with Gasteiger partial charge < -0.3 is 0 Å². The van der Waals surface area contributed by atoms with Crippen molar-refractivity contribution in [2.24, 2.45) is 11.3 Å². The number of rotatable bonds is 3. The van der Waals surface area contributed by atoms with Crippen molar-refractivity contribution in [2.45, 2.75) is 34.1 Å². The molecule has 0 spiro atoms.